The highest BCUT2D eigenvalue weighted by atomic mass is 16.3. The number of furan rings is 1. The minimum atomic E-state index is 0.825. The van der Waals surface area contributed by atoms with Crippen LogP contribution in [0.4, 0.5) is 0 Å². The summed E-state index contributed by atoms with van der Waals surface area (Å²) in [5.41, 5.74) is 3.14. The summed E-state index contributed by atoms with van der Waals surface area (Å²) in [6, 6.07) is 10.1. The van der Waals surface area contributed by atoms with Gasteiger partial charge in [-0.1, -0.05) is 6.07 Å². The minimum Gasteiger partial charge on any atom is -0.460 e. The van der Waals surface area contributed by atoms with Crippen LogP contribution in [0.1, 0.15) is 11.5 Å². The SMILES string of the molecule is Cc1ccc(-c2ncn3c(C)cccc23)o1. The van der Waals surface area contributed by atoms with Gasteiger partial charge >= 0.3 is 0 Å². The van der Waals surface area contributed by atoms with Gasteiger partial charge in [0.2, 0.25) is 0 Å². The highest BCUT2D eigenvalue weighted by molar-refractivity contribution is 5.74. The molecule has 0 amide bonds. The van der Waals surface area contributed by atoms with E-state index in [1.165, 1.54) is 5.69 Å². The fraction of sp³-hybridized carbons (Fsp3) is 0.154. The van der Waals surface area contributed by atoms with E-state index in [0.717, 1.165) is 22.7 Å². The Hall–Kier alpha value is -2.03. The molecule has 0 aliphatic heterocycles. The molecular weight excluding hydrogens is 200 g/mol. The van der Waals surface area contributed by atoms with Crippen molar-refractivity contribution in [2.24, 2.45) is 0 Å². The molecule has 0 saturated heterocycles. The fourth-order valence-corrected chi connectivity index (χ4v) is 1.91. The maximum absolute atomic E-state index is 5.60. The first-order valence-corrected chi connectivity index (χ1v) is 5.25. The normalized spacial score (nSPS) is 11.1. The maximum atomic E-state index is 5.60. The van der Waals surface area contributed by atoms with Crippen LogP contribution in [0.5, 0.6) is 0 Å². The molecule has 0 N–H and O–H groups in total. The van der Waals surface area contributed by atoms with Gasteiger partial charge in [-0.25, -0.2) is 4.98 Å². The zero-order chi connectivity index (χ0) is 11.1. The molecule has 0 spiro atoms. The van der Waals surface area contributed by atoms with Gasteiger partial charge in [0.05, 0.1) is 5.52 Å². The molecule has 0 radical (unpaired) electrons. The lowest BCUT2D eigenvalue weighted by molar-refractivity contribution is 0.547. The van der Waals surface area contributed by atoms with Crippen LogP contribution in [0, 0.1) is 13.8 Å². The lowest BCUT2D eigenvalue weighted by Crippen LogP contribution is -1.87. The van der Waals surface area contributed by atoms with E-state index in [1.54, 1.807) is 0 Å². The summed E-state index contributed by atoms with van der Waals surface area (Å²) < 4.78 is 7.66. The van der Waals surface area contributed by atoms with Crippen LogP contribution < -0.4 is 0 Å². The Kier molecular flexibility index (Phi) is 1.86. The summed E-state index contributed by atoms with van der Waals surface area (Å²) in [5.74, 6) is 1.73. The van der Waals surface area contributed by atoms with Crippen molar-refractivity contribution >= 4 is 5.52 Å². The number of pyridine rings is 1. The van der Waals surface area contributed by atoms with E-state index in [2.05, 4.69) is 22.4 Å². The molecule has 0 aliphatic carbocycles. The van der Waals surface area contributed by atoms with Crippen LogP contribution in [-0.2, 0) is 0 Å². The molecule has 0 bridgehead atoms. The molecule has 3 heterocycles. The van der Waals surface area contributed by atoms with Crippen molar-refractivity contribution in [3.8, 4) is 11.5 Å². The average molecular weight is 212 g/mol. The van der Waals surface area contributed by atoms with Crippen molar-refractivity contribution in [3.05, 3.63) is 48.1 Å². The van der Waals surface area contributed by atoms with Crippen molar-refractivity contribution in [1.29, 1.82) is 0 Å². The summed E-state index contributed by atoms with van der Waals surface area (Å²) in [4.78, 5) is 4.41. The van der Waals surface area contributed by atoms with Crippen LogP contribution in [0.15, 0.2) is 41.1 Å². The summed E-state index contributed by atoms with van der Waals surface area (Å²) in [7, 11) is 0. The van der Waals surface area contributed by atoms with Gasteiger partial charge in [-0.2, -0.15) is 0 Å². The second-order valence-electron chi connectivity index (χ2n) is 3.93. The van der Waals surface area contributed by atoms with Crippen LogP contribution >= 0.6 is 0 Å². The van der Waals surface area contributed by atoms with Crippen molar-refractivity contribution in [2.45, 2.75) is 13.8 Å². The van der Waals surface area contributed by atoms with Gasteiger partial charge in [-0.15, -0.1) is 0 Å². The van der Waals surface area contributed by atoms with Gasteiger partial charge in [0.15, 0.2) is 5.76 Å². The Labute approximate surface area is 93.4 Å². The Morgan fingerprint density at radius 3 is 2.75 bits per heavy atom. The third-order valence-electron chi connectivity index (χ3n) is 2.75. The summed E-state index contributed by atoms with van der Waals surface area (Å²) in [6.07, 6.45) is 1.83. The van der Waals surface area contributed by atoms with Crippen molar-refractivity contribution < 1.29 is 4.42 Å². The van der Waals surface area contributed by atoms with E-state index in [4.69, 9.17) is 4.42 Å². The lowest BCUT2D eigenvalue weighted by atomic mass is 10.2. The van der Waals surface area contributed by atoms with E-state index < -0.39 is 0 Å². The highest BCUT2D eigenvalue weighted by Gasteiger charge is 2.10. The van der Waals surface area contributed by atoms with E-state index in [9.17, 15) is 0 Å². The average Bonchev–Trinajstić information content (AvgIpc) is 2.84. The molecule has 0 atom stereocenters. The van der Waals surface area contributed by atoms with Crippen molar-refractivity contribution in [2.75, 3.05) is 0 Å². The minimum absolute atomic E-state index is 0.825. The summed E-state index contributed by atoms with van der Waals surface area (Å²) >= 11 is 0. The molecule has 16 heavy (non-hydrogen) atoms. The molecule has 0 saturated carbocycles. The van der Waals surface area contributed by atoms with Crippen LogP contribution in [-0.4, -0.2) is 9.38 Å². The van der Waals surface area contributed by atoms with Crippen molar-refractivity contribution in [3.63, 3.8) is 0 Å². The molecule has 3 heteroatoms. The molecule has 0 unspecified atom stereocenters. The number of nitrogens with zero attached hydrogens (tertiary/aromatic N) is 2. The number of imidazole rings is 1. The first-order valence-electron chi connectivity index (χ1n) is 5.25. The number of rotatable bonds is 1. The number of aryl methyl sites for hydroxylation is 2. The smallest absolute Gasteiger partial charge is 0.154 e. The van der Waals surface area contributed by atoms with Gasteiger partial charge in [-0.05, 0) is 38.1 Å². The second-order valence-corrected chi connectivity index (χ2v) is 3.93. The molecule has 3 aromatic heterocycles. The predicted molar refractivity (Wildman–Crippen MR) is 62.4 cm³/mol. The zero-order valence-electron chi connectivity index (χ0n) is 9.27. The lowest BCUT2D eigenvalue weighted by Gasteiger charge is -1.98. The predicted octanol–water partition coefficient (Wildman–Crippen LogP) is 3.21. The molecule has 3 aromatic rings. The molecular formula is C13H12N2O. The topological polar surface area (TPSA) is 30.4 Å². The Morgan fingerprint density at radius 2 is 2.00 bits per heavy atom. The van der Waals surface area contributed by atoms with Gasteiger partial charge in [0.25, 0.3) is 0 Å². The molecule has 0 aliphatic rings. The standard InChI is InChI=1S/C13H12N2O/c1-9-4-3-5-11-13(14-8-15(9)11)12-7-6-10(2)16-12/h3-8H,1-2H3. The first-order chi connectivity index (χ1) is 7.75. The Morgan fingerprint density at radius 1 is 1.12 bits per heavy atom. The van der Waals surface area contributed by atoms with E-state index >= 15 is 0 Å². The number of hydrogen-bond acceptors (Lipinski definition) is 2. The summed E-state index contributed by atoms with van der Waals surface area (Å²) in [6.45, 7) is 4.00. The van der Waals surface area contributed by atoms with Crippen LogP contribution in [0.25, 0.3) is 17.0 Å². The Balaban J connectivity index is 2.29. The second kappa shape index (κ2) is 3.23. The number of hydrogen-bond donors (Lipinski definition) is 0. The van der Waals surface area contributed by atoms with Gasteiger partial charge < -0.3 is 8.82 Å². The monoisotopic (exact) mass is 212 g/mol. The summed E-state index contributed by atoms with van der Waals surface area (Å²) in [5, 5.41) is 0. The third-order valence-corrected chi connectivity index (χ3v) is 2.75. The van der Waals surface area contributed by atoms with Gasteiger partial charge in [0, 0.05) is 5.69 Å². The number of fused-ring (bicyclic) bond motifs is 1. The van der Waals surface area contributed by atoms with E-state index in [1.807, 2.05) is 37.5 Å². The van der Waals surface area contributed by atoms with E-state index in [0.29, 0.717) is 0 Å². The molecule has 3 rings (SSSR count). The quantitative estimate of drug-likeness (QED) is 0.620. The van der Waals surface area contributed by atoms with E-state index in [-0.39, 0.29) is 0 Å². The Bertz CT molecular complexity index is 649. The highest BCUT2D eigenvalue weighted by Crippen LogP contribution is 2.25. The van der Waals surface area contributed by atoms with Crippen LogP contribution in [0.2, 0.25) is 0 Å². The van der Waals surface area contributed by atoms with Gasteiger partial charge in [0.1, 0.15) is 17.8 Å². The number of aromatic nitrogens is 2. The first kappa shape index (κ1) is 9.21. The zero-order valence-corrected chi connectivity index (χ0v) is 9.27. The fourth-order valence-electron chi connectivity index (χ4n) is 1.91. The third kappa shape index (κ3) is 1.25. The molecule has 80 valence electrons. The molecule has 3 nitrogen and oxygen atoms in total. The van der Waals surface area contributed by atoms with Gasteiger partial charge in [-0.3, -0.25) is 0 Å². The molecule has 0 fully saturated rings. The molecule has 0 aromatic carbocycles. The largest absolute Gasteiger partial charge is 0.460 e. The van der Waals surface area contributed by atoms with Crippen LogP contribution in [0.3, 0.4) is 0 Å². The maximum Gasteiger partial charge on any atom is 0.154 e. The van der Waals surface area contributed by atoms with Crippen molar-refractivity contribution in [1.82, 2.24) is 9.38 Å².